The Morgan fingerprint density at radius 2 is 2.07 bits per heavy atom. The van der Waals surface area contributed by atoms with Crippen molar-refractivity contribution >= 4 is 16.9 Å². The molecule has 27 heavy (non-hydrogen) atoms. The highest BCUT2D eigenvalue weighted by Crippen LogP contribution is 2.38. The van der Waals surface area contributed by atoms with Crippen LogP contribution in [0.15, 0.2) is 35.1 Å². The smallest absolute Gasteiger partial charge is 0.343 e. The molecule has 0 fully saturated rings. The van der Waals surface area contributed by atoms with Gasteiger partial charge in [-0.05, 0) is 37.1 Å². The summed E-state index contributed by atoms with van der Waals surface area (Å²) in [6, 6.07) is 9.86. The third-order valence-corrected chi connectivity index (χ3v) is 5.67. The lowest BCUT2D eigenvalue weighted by Gasteiger charge is -2.31. The molecule has 4 heterocycles. The summed E-state index contributed by atoms with van der Waals surface area (Å²) in [7, 11) is 0. The number of aromatic nitrogens is 2. The van der Waals surface area contributed by atoms with Gasteiger partial charge in [0.2, 0.25) is 0 Å². The Bertz CT molecular complexity index is 1210. The van der Waals surface area contributed by atoms with Crippen LogP contribution in [0.5, 0.6) is 0 Å². The molecule has 0 aliphatic carbocycles. The van der Waals surface area contributed by atoms with Gasteiger partial charge < -0.3 is 14.4 Å². The number of aliphatic hydroxyl groups is 1. The third kappa shape index (κ3) is 2.07. The fourth-order valence-corrected chi connectivity index (χ4v) is 4.09. The van der Waals surface area contributed by atoms with E-state index >= 15 is 0 Å². The molecule has 6 nitrogen and oxygen atoms in total. The molecule has 1 N–H and O–H groups in total. The van der Waals surface area contributed by atoms with Gasteiger partial charge in [0.25, 0.3) is 5.56 Å². The zero-order valence-electron chi connectivity index (χ0n) is 15.1. The number of fused-ring (bicyclic) bond motifs is 5. The first-order chi connectivity index (χ1) is 12.9. The SMILES string of the molecule is CC[C@@]1(O)C(=O)OCc2c1cc1n(c2=O)Cc2cc3ccc(C)cc3nc2-1. The summed E-state index contributed by atoms with van der Waals surface area (Å²) in [5, 5.41) is 11.9. The molecule has 2 aliphatic heterocycles. The van der Waals surface area contributed by atoms with Gasteiger partial charge in [-0.1, -0.05) is 19.1 Å². The highest BCUT2D eigenvalue weighted by molar-refractivity contribution is 5.86. The minimum Gasteiger partial charge on any atom is -0.458 e. The average Bonchev–Trinajstić information content (AvgIpc) is 3.01. The monoisotopic (exact) mass is 362 g/mol. The van der Waals surface area contributed by atoms with Crippen molar-refractivity contribution in [1.82, 2.24) is 9.55 Å². The van der Waals surface area contributed by atoms with Crippen LogP contribution in [0.3, 0.4) is 0 Å². The van der Waals surface area contributed by atoms with E-state index in [1.807, 2.05) is 25.1 Å². The Balaban J connectivity index is 1.80. The molecule has 0 saturated carbocycles. The first kappa shape index (κ1) is 16.2. The standard InChI is InChI=1S/C21H18N2O4/c1-3-21(26)15-8-17-18-13(7-12-5-4-11(2)6-16(12)22-18)9-23(17)19(24)14(15)10-27-20(21)25/h4-8,26H,3,9-10H2,1-2H3/t21-/m0/s1. The molecule has 0 unspecified atom stereocenters. The fourth-order valence-electron chi connectivity index (χ4n) is 4.09. The maximum atomic E-state index is 13.1. The van der Waals surface area contributed by atoms with Crippen molar-refractivity contribution in [2.75, 3.05) is 0 Å². The topological polar surface area (TPSA) is 81.4 Å². The lowest BCUT2D eigenvalue weighted by atomic mass is 9.86. The Labute approximate surface area is 155 Å². The summed E-state index contributed by atoms with van der Waals surface area (Å²) in [5.74, 6) is -0.706. The quantitative estimate of drug-likeness (QED) is 0.526. The summed E-state index contributed by atoms with van der Waals surface area (Å²) in [6.07, 6.45) is 0.138. The van der Waals surface area contributed by atoms with E-state index in [0.717, 1.165) is 27.7 Å². The molecule has 6 heteroatoms. The van der Waals surface area contributed by atoms with E-state index in [4.69, 9.17) is 9.72 Å². The van der Waals surface area contributed by atoms with Crippen LogP contribution in [-0.2, 0) is 28.3 Å². The molecule has 1 aromatic carbocycles. The molecule has 0 spiro atoms. The van der Waals surface area contributed by atoms with Crippen molar-refractivity contribution < 1.29 is 14.6 Å². The van der Waals surface area contributed by atoms with Crippen molar-refractivity contribution in [3.8, 4) is 11.4 Å². The van der Waals surface area contributed by atoms with E-state index in [1.54, 1.807) is 17.6 Å². The summed E-state index contributed by atoms with van der Waals surface area (Å²) >= 11 is 0. The number of hydrogen-bond acceptors (Lipinski definition) is 5. The van der Waals surface area contributed by atoms with Crippen LogP contribution in [0.1, 0.15) is 35.6 Å². The molecular weight excluding hydrogens is 344 g/mol. The van der Waals surface area contributed by atoms with Gasteiger partial charge in [0.15, 0.2) is 5.60 Å². The maximum absolute atomic E-state index is 13.1. The summed E-state index contributed by atoms with van der Waals surface area (Å²) in [4.78, 5) is 30.0. The molecule has 0 radical (unpaired) electrons. The second-order valence-corrected chi connectivity index (χ2v) is 7.30. The number of benzene rings is 1. The Morgan fingerprint density at radius 1 is 1.26 bits per heavy atom. The van der Waals surface area contributed by atoms with E-state index in [-0.39, 0.29) is 18.6 Å². The summed E-state index contributed by atoms with van der Waals surface area (Å²) < 4.78 is 6.74. The lowest BCUT2D eigenvalue weighted by Crippen LogP contribution is -2.44. The number of pyridine rings is 2. The second-order valence-electron chi connectivity index (χ2n) is 7.30. The Hall–Kier alpha value is -2.99. The minimum absolute atomic E-state index is 0.111. The number of hydrogen-bond donors (Lipinski definition) is 1. The molecule has 0 bridgehead atoms. The van der Waals surface area contributed by atoms with Crippen molar-refractivity contribution in [2.24, 2.45) is 0 Å². The first-order valence-electron chi connectivity index (χ1n) is 9.00. The molecule has 2 aromatic heterocycles. The molecular formula is C21H18N2O4. The number of rotatable bonds is 1. The molecule has 0 amide bonds. The number of cyclic esters (lactones) is 1. The highest BCUT2D eigenvalue weighted by atomic mass is 16.6. The number of carbonyl (C=O) groups is 1. The number of aryl methyl sites for hydroxylation is 1. The van der Waals surface area contributed by atoms with Gasteiger partial charge in [-0.2, -0.15) is 0 Å². The van der Waals surface area contributed by atoms with Crippen molar-refractivity contribution in [3.05, 3.63) is 62.9 Å². The van der Waals surface area contributed by atoms with Crippen LogP contribution in [0.2, 0.25) is 0 Å². The van der Waals surface area contributed by atoms with Gasteiger partial charge >= 0.3 is 5.97 Å². The van der Waals surface area contributed by atoms with Gasteiger partial charge in [-0.3, -0.25) is 4.79 Å². The van der Waals surface area contributed by atoms with Crippen molar-refractivity contribution in [3.63, 3.8) is 0 Å². The minimum atomic E-state index is -1.79. The largest absolute Gasteiger partial charge is 0.458 e. The molecule has 136 valence electrons. The van der Waals surface area contributed by atoms with E-state index in [0.29, 0.717) is 23.4 Å². The lowest BCUT2D eigenvalue weighted by molar-refractivity contribution is -0.172. The molecule has 1 atom stereocenters. The van der Waals surface area contributed by atoms with Crippen LogP contribution in [0.4, 0.5) is 0 Å². The summed E-state index contributed by atoms with van der Waals surface area (Å²) in [5.41, 5.74) is 2.95. The molecule has 3 aromatic rings. The molecule has 0 saturated heterocycles. The van der Waals surface area contributed by atoms with Gasteiger partial charge in [-0.15, -0.1) is 0 Å². The predicted molar refractivity (Wildman–Crippen MR) is 99.3 cm³/mol. The molecule has 2 aliphatic rings. The average molecular weight is 362 g/mol. The van der Waals surface area contributed by atoms with E-state index in [9.17, 15) is 14.7 Å². The van der Waals surface area contributed by atoms with Crippen molar-refractivity contribution in [1.29, 1.82) is 0 Å². The Morgan fingerprint density at radius 3 is 2.85 bits per heavy atom. The fraction of sp³-hybridized carbons (Fsp3) is 0.286. The van der Waals surface area contributed by atoms with Gasteiger partial charge in [0.1, 0.15) is 6.61 Å². The first-order valence-corrected chi connectivity index (χ1v) is 9.00. The zero-order valence-corrected chi connectivity index (χ0v) is 15.1. The van der Waals surface area contributed by atoms with Crippen LogP contribution in [0.25, 0.3) is 22.3 Å². The second kappa shape index (κ2) is 5.27. The Kier molecular flexibility index (Phi) is 3.16. The zero-order chi connectivity index (χ0) is 18.9. The van der Waals surface area contributed by atoms with Gasteiger partial charge in [0.05, 0.1) is 29.0 Å². The van der Waals surface area contributed by atoms with E-state index in [2.05, 4.69) is 6.07 Å². The van der Waals surface area contributed by atoms with Crippen molar-refractivity contribution in [2.45, 2.75) is 39.0 Å². The summed E-state index contributed by atoms with van der Waals surface area (Å²) in [6.45, 7) is 4.02. The maximum Gasteiger partial charge on any atom is 0.343 e. The number of nitrogens with zero attached hydrogens (tertiary/aromatic N) is 2. The van der Waals surface area contributed by atoms with Gasteiger partial charge in [-0.25, -0.2) is 9.78 Å². The number of carbonyl (C=O) groups excluding carboxylic acids is 1. The number of esters is 1. The molecule has 5 rings (SSSR count). The van der Waals surface area contributed by atoms with Crippen LogP contribution >= 0.6 is 0 Å². The van der Waals surface area contributed by atoms with Crippen LogP contribution < -0.4 is 5.56 Å². The number of ether oxygens (including phenoxy) is 1. The van der Waals surface area contributed by atoms with E-state index < -0.39 is 11.6 Å². The van der Waals surface area contributed by atoms with Gasteiger partial charge in [0, 0.05) is 16.5 Å². The van der Waals surface area contributed by atoms with E-state index in [1.165, 1.54) is 0 Å². The third-order valence-electron chi connectivity index (χ3n) is 5.67. The predicted octanol–water partition coefficient (Wildman–Crippen LogP) is 2.39. The highest BCUT2D eigenvalue weighted by Gasteiger charge is 2.45. The van der Waals surface area contributed by atoms with Crippen LogP contribution in [-0.4, -0.2) is 20.6 Å². The normalized spacial score (nSPS) is 20.2. The van der Waals surface area contributed by atoms with Crippen LogP contribution in [0, 0.1) is 6.92 Å².